The first-order valence-electron chi connectivity index (χ1n) is 8.87. The van der Waals surface area contributed by atoms with Gasteiger partial charge in [-0.3, -0.25) is 0 Å². The summed E-state index contributed by atoms with van der Waals surface area (Å²) in [7, 11) is 13.3. The molecule has 0 aliphatic rings. The normalized spacial score (nSPS) is 16.8. The minimum atomic E-state index is -1.30. The van der Waals surface area contributed by atoms with Gasteiger partial charge in [-0.1, -0.05) is 0 Å². The minimum absolute atomic E-state index is 0.877. The maximum atomic E-state index is 2.47. The predicted molar refractivity (Wildman–Crippen MR) is 103 cm³/mol. The van der Waals surface area contributed by atoms with Gasteiger partial charge in [0.2, 0.25) is 0 Å². The predicted octanol–water partition coefficient (Wildman–Crippen LogP) is 3.07. The van der Waals surface area contributed by atoms with Gasteiger partial charge in [0.05, 0.1) is 0 Å². The van der Waals surface area contributed by atoms with E-state index in [2.05, 4.69) is 77.8 Å². The van der Waals surface area contributed by atoms with Gasteiger partial charge >= 0.3 is 148 Å². The van der Waals surface area contributed by atoms with Crippen molar-refractivity contribution in [2.45, 2.75) is 34.1 Å². The molecule has 0 bridgehead atoms. The number of rotatable bonds is 12. The van der Waals surface area contributed by atoms with Crippen molar-refractivity contribution < 1.29 is 0 Å². The molecular formula is C18H42N3Sn. The van der Waals surface area contributed by atoms with Crippen molar-refractivity contribution in [3.05, 3.63) is 0 Å². The van der Waals surface area contributed by atoms with Crippen LogP contribution < -0.4 is 0 Å². The Balaban J connectivity index is 4.53. The van der Waals surface area contributed by atoms with Gasteiger partial charge in [-0.25, -0.2) is 0 Å². The van der Waals surface area contributed by atoms with E-state index in [0.29, 0.717) is 0 Å². The quantitative estimate of drug-likeness (QED) is 0.451. The molecule has 0 saturated carbocycles. The van der Waals surface area contributed by atoms with E-state index in [1.165, 1.54) is 19.6 Å². The molecule has 0 aromatic heterocycles. The third-order valence-corrected chi connectivity index (χ3v) is 14.9. The van der Waals surface area contributed by atoms with Gasteiger partial charge in [0.25, 0.3) is 0 Å². The summed E-state index contributed by atoms with van der Waals surface area (Å²) < 4.78 is 4.70. The van der Waals surface area contributed by atoms with E-state index in [-0.39, 0.29) is 0 Å². The Morgan fingerprint density at radius 2 is 0.773 bits per heavy atom. The van der Waals surface area contributed by atoms with Gasteiger partial charge in [0, 0.05) is 0 Å². The summed E-state index contributed by atoms with van der Waals surface area (Å²) >= 11 is -1.30. The average molecular weight is 419 g/mol. The Labute approximate surface area is 148 Å². The van der Waals surface area contributed by atoms with Crippen LogP contribution in [0.2, 0.25) is 13.3 Å². The maximum absolute atomic E-state index is 2.47. The molecule has 0 aliphatic heterocycles. The topological polar surface area (TPSA) is 9.72 Å². The molecule has 133 valence electrons. The van der Waals surface area contributed by atoms with Crippen molar-refractivity contribution in [3.63, 3.8) is 0 Å². The molecule has 0 aromatic rings. The fraction of sp³-hybridized carbons (Fsp3) is 1.00. The molecular weight excluding hydrogens is 377 g/mol. The summed E-state index contributed by atoms with van der Waals surface area (Å²) in [6.45, 7) is 11.2. The van der Waals surface area contributed by atoms with Gasteiger partial charge in [-0.15, -0.1) is 0 Å². The van der Waals surface area contributed by atoms with Crippen LogP contribution in [0.1, 0.15) is 20.8 Å². The summed E-state index contributed by atoms with van der Waals surface area (Å²) in [4.78, 5) is 7.08. The Morgan fingerprint density at radius 3 is 0.955 bits per heavy atom. The van der Waals surface area contributed by atoms with E-state index >= 15 is 0 Å². The molecule has 0 amide bonds. The van der Waals surface area contributed by atoms with Crippen LogP contribution in [-0.4, -0.2) is 96.4 Å². The van der Waals surface area contributed by atoms with Crippen LogP contribution in [0, 0.1) is 17.8 Å². The van der Waals surface area contributed by atoms with Crippen LogP contribution in [0.5, 0.6) is 0 Å². The van der Waals surface area contributed by atoms with E-state index in [1.54, 1.807) is 13.3 Å². The second-order valence-corrected chi connectivity index (χ2v) is 16.2. The Hall–Kier alpha value is 0.679. The molecule has 3 unspecified atom stereocenters. The van der Waals surface area contributed by atoms with Gasteiger partial charge in [0.1, 0.15) is 0 Å². The van der Waals surface area contributed by atoms with Crippen LogP contribution in [0.4, 0.5) is 0 Å². The van der Waals surface area contributed by atoms with Gasteiger partial charge in [0.15, 0.2) is 0 Å². The summed E-state index contributed by atoms with van der Waals surface area (Å²) in [5.41, 5.74) is 0. The van der Waals surface area contributed by atoms with Crippen molar-refractivity contribution >= 4 is 19.8 Å². The standard InChI is InChI=1S/3C6H14N.Sn/c3*1-6(2)5-7(3)4;/h3*6H,1,5H2,2-4H3;. The molecule has 3 atom stereocenters. The summed E-state index contributed by atoms with van der Waals surface area (Å²) in [5, 5.41) is 0. The molecule has 0 rings (SSSR count). The SMILES string of the molecule is CC(CN(C)C)[CH2][Sn]([CH2]C(C)CN(C)C)[CH2]C(C)CN(C)C. The number of hydrogen-bond donors (Lipinski definition) is 0. The molecule has 0 aliphatic carbocycles. The summed E-state index contributed by atoms with van der Waals surface area (Å²) in [6.07, 6.45) is 0. The van der Waals surface area contributed by atoms with Crippen molar-refractivity contribution in [1.29, 1.82) is 0 Å². The first-order valence-corrected chi connectivity index (χ1v) is 14.9. The average Bonchev–Trinajstić information content (AvgIpc) is 2.23. The first-order chi connectivity index (χ1) is 10.1. The third kappa shape index (κ3) is 13.1. The summed E-state index contributed by atoms with van der Waals surface area (Å²) in [6, 6.07) is 0. The van der Waals surface area contributed by atoms with Crippen molar-refractivity contribution in [2.75, 3.05) is 61.9 Å². The molecule has 22 heavy (non-hydrogen) atoms. The van der Waals surface area contributed by atoms with E-state index in [1.807, 2.05) is 0 Å². The monoisotopic (exact) mass is 420 g/mol. The van der Waals surface area contributed by atoms with E-state index < -0.39 is 19.8 Å². The fourth-order valence-corrected chi connectivity index (χ4v) is 14.8. The Bertz CT molecular complexity index is 226. The molecule has 0 spiro atoms. The fourth-order valence-electron chi connectivity index (χ4n) is 3.79. The first kappa shape index (κ1) is 22.7. The second-order valence-electron chi connectivity index (χ2n) is 8.46. The van der Waals surface area contributed by atoms with Crippen LogP contribution in [0.3, 0.4) is 0 Å². The zero-order chi connectivity index (χ0) is 17.3. The van der Waals surface area contributed by atoms with Crippen LogP contribution in [0.25, 0.3) is 0 Å². The van der Waals surface area contributed by atoms with Crippen LogP contribution >= 0.6 is 0 Å². The third-order valence-electron chi connectivity index (χ3n) is 3.94. The van der Waals surface area contributed by atoms with Gasteiger partial charge in [-0.05, 0) is 0 Å². The second kappa shape index (κ2) is 12.1. The Morgan fingerprint density at radius 1 is 0.545 bits per heavy atom. The van der Waals surface area contributed by atoms with Crippen LogP contribution in [0.15, 0.2) is 0 Å². The molecule has 3 nitrogen and oxygen atoms in total. The van der Waals surface area contributed by atoms with Crippen molar-refractivity contribution in [2.24, 2.45) is 17.8 Å². The Kier molecular flexibility index (Phi) is 12.5. The van der Waals surface area contributed by atoms with Gasteiger partial charge in [-0.2, -0.15) is 0 Å². The van der Waals surface area contributed by atoms with E-state index in [9.17, 15) is 0 Å². The van der Waals surface area contributed by atoms with Crippen LogP contribution in [-0.2, 0) is 0 Å². The summed E-state index contributed by atoms with van der Waals surface area (Å²) in [5.74, 6) is 2.63. The molecule has 1 radical (unpaired) electrons. The molecule has 0 saturated heterocycles. The van der Waals surface area contributed by atoms with Gasteiger partial charge < -0.3 is 0 Å². The van der Waals surface area contributed by atoms with Crippen molar-refractivity contribution in [3.8, 4) is 0 Å². The number of hydrogen-bond acceptors (Lipinski definition) is 3. The number of nitrogens with zero attached hydrogens (tertiary/aromatic N) is 3. The molecule has 0 fully saturated rings. The zero-order valence-electron chi connectivity index (χ0n) is 16.8. The molecule has 4 heteroatoms. The molecule has 0 N–H and O–H groups in total. The van der Waals surface area contributed by atoms with Crippen molar-refractivity contribution in [1.82, 2.24) is 14.7 Å². The molecule has 0 heterocycles. The van der Waals surface area contributed by atoms with E-state index in [4.69, 9.17) is 0 Å². The molecule has 0 aromatic carbocycles. The zero-order valence-corrected chi connectivity index (χ0v) is 19.7. The van der Waals surface area contributed by atoms with E-state index in [0.717, 1.165) is 17.8 Å².